The van der Waals surface area contributed by atoms with Gasteiger partial charge in [-0.2, -0.15) is 0 Å². The summed E-state index contributed by atoms with van der Waals surface area (Å²) in [5.41, 5.74) is 6.93. The molecule has 1 saturated heterocycles. The Labute approximate surface area is 124 Å². The summed E-state index contributed by atoms with van der Waals surface area (Å²) in [6, 6.07) is -0.0929. The summed E-state index contributed by atoms with van der Waals surface area (Å²) in [7, 11) is 0. The zero-order chi connectivity index (χ0) is 14.2. The molecule has 1 spiro atoms. The molecule has 4 nitrogen and oxygen atoms in total. The van der Waals surface area contributed by atoms with E-state index in [0.717, 1.165) is 18.1 Å². The Bertz CT molecular complexity index is 481. The normalized spacial score (nSPS) is 23.2. The van der Waals surface area contributed by atoms with Crippen LogP contribution in [0.2, 0.25) is 0 Å². The molecule has 3 rings (SSSR count). The van der Waals surface area contributed by atoms with Gasteiger partial charge in [0.15, 0.2) is 0 Å². The highest BCUT2D eigenvalue weighted by Gasteiger charge is 2.38. The van der Waals surface area contributed by atoms with E-state index in [4.69, 9.17) is 5.73 Å². The number of nitrogens with two attached hydrogens (primary N) is 1. The van der Waals surface area contributed by atoms with Crippen molar-refractivity contribution in [2.45, 2.75) is 51.5 Å². The first-order valence-corrected chi connectivity index (χ1v) is 8.48. The van der Waals surface area contributed by atoms with Crippen molar-refractivity contribution >= 4 is 17.2 Å². The standard InChI is InChI=1S/C15H23N3OS/c1-11(16)13-17-12(10-20-13)14(19)18-8-6-15(7-9-18)4-2-3-5-15/h10-11H,2-9,16H2,1H3. The fourth-order valence-electron chi connectivity index (χ4n) is 3.57. The molecule has 0 aromatic carbocycles. The predicted molar refractivity (Wildman–Crippen MR) is 80.8 cm³/mol. The van der Waals surface area contributed by atoms with Crippen molar-refractivity contribution in [3.8, 4) is 0 Å². The van der Waals surface area contributed by atoms with Crippen LogP contribution in [0.15, 0.2) is 5.38 Å². The number of carbonyl (C=O) groups excluding carboxylic acids is 1. The quantitative estimate of drug-likeness (QED) is 0.912. The molecule has 1 atom stereocenters. The number of amides is 1. The molecule has 0 radical (unpaired) electrons. The molecule has 5 heteroatoms. The number of carbonyl (C=O) groups is 1. The SMILES string of the molecule is CC(N)c1nc(C(=O)N2CCC3(CCCC3)CC2)cs1. The van der Waals surface area contributed by atoms with Gasteiger partial charge in [-0.25, -0.2) is 4.98 Å². The number of aromatic nitrogens is 1. The van der Waals surface area contributed by atoms with E-state index >= 15 is 0 Å². The molecule has 110 valence electrons. The van der Waals surface area contributed by atoms with Gasteiger partial charge < -0.3 is 10.6 Å². The Balaban J connectivity index is 1.63. The van der Waals surface area contributed by atoms with Gasteiger partial charge in [-0.15, -0.1) is 11.3 Å². The lowest BCUT2D eigenvalue weighted by Gasteiger charge is -2.39. The van der Waals surface area contributed by atoms with Crippen LogP contribution < -0.4 is 5.73 Å². The molecular weight excluding hydrogens is 270 g/mol. The summed E-state index contributed by atoms with van der Waals surface area (Å²) in [6.45, 7) is 3.69. The maximum absolute atomic E-state index is 12.5. The van der Waals surface area contributed by atoms with Gasteiger partial charge in [0.05, 0.1) is 6.04 Å². The third kappa shape index (κ3) is 2.61. The van der Waals surface area contributed by atoms with Crippen LogP contribution in [0.4, 0.5) is 0 Å². The highest BCUT2D eigenvalue weighted by molar-refractivity contribution is 7.09. The highest BCUT2D eigenvalue weighted by Crippen LogP contribution is 2.46. The third-order valence-electron chi connectivity index (χ3n) is 4.91. The summed E-state index contributed by atoms with van der Waals surface area (Å²) in [4.78, 5) is 18.8. The fourth-order valence-corrected chi connectivity index (χ4v) is 4.32. The largest absolute Gasteiger partial charge is 0.337 e. The van der Waals surface area contributed by atoms with E-state index in [9.17, 15) is 4.79 Å². The molecule has 1 aliphatic carbocycles. The van der Waals surface area contributed by atoms with E-state index in [2.05, 4.69) is 4.98 Å². The molecule has 2 N–H and O–H groups in total. The van der Waals surface area contributed by atoms with E-state index in [1.807, 2.05) is 17.2 Å². The van der Waals surface area contributed by atoms with Crippen LogP contribution in [0.3, 0.4) is 0 Å². The fraction of sp³-hybridized carbons (Fsp3) is 0.733. The van der Waals surface area contributed by atoms with Gasteiger partial charge in [-0.05, 0) is 38.0 Å². The number of nitrogens with zero attached hydrogens (tertiary/aromatic N) is 2. The van der Waals surface area contributed by atoms with Gasteiger partial charge in [0.2, 0.25) is 0 Å². The van der Waals surface area contributed by atoms with Crippen molar-refractivity contribution in [2.24, 2.45) is 11.1 Å². The first-order valence-electron chi connectivity index (χ1n) is 7.60. The van der Waals surface area contributed by atoms with Gasteiger partial charge in [0.25, 0.3) is 5.91 Å². The molecular formula is C15H23N3OS. The van der Waals surface area contributed by atoms with Crippen LogP contribution in [0.1, 0.15) is 67.0 Å². The second kappa shape index (κ2) is 5.45. The third-order valence-corrected chi connectivity index (χ3v) is 5.95. The second-order valence-corrected chi connectivity index (χ2v) is 7.25. The minimum absolute atomic E-state index is 0.0843. The smallest absolute Gasteiger partial charge is 0.273 e. The molecule has 1 saturated carbocycles. The van der Waals surface area contributed by atoms with Crippen molar-refractivity contribution in [3.05, 3.63) is 16.1 Å². The molecule has 20 heavy (non-hydrogen) atoms. The van der Waals surface area contributed by atoms with Crippen LogP contribution in [0.25, 0.3) is 0 Å². The van der Waals surface area contributed by atoms with Crippen molar-refractivity contribution in [1.29, 1.82) is 0 Å². The van der Waals surface area contributed by atoms with Crippen LogP contribution in [0.5, 0.6) is 0 Å². The molecule has 1 aromatic heterocycles. The summed E-state index contributed by atoms with van der Waals surface area (Å²) in [6.07, 6.45) is 7.81. The second-order valence-electron chi connectivity index (χ2n) is 6.36. The Kier molecular flexibility index (Phi) is 3.82. The molecule has 1 aromatic rings. The lowest BCUT2D eigenvalue weighted by Crippen LogP contribution is -2.42. The molecule has 2 fully saturated rings. The van der Waals surface area contributed by atoms with Gasteiger partial charge in [-0.3, -0.25) is 4.79 Å². The van der Waals surface area contributed by atoms with Gasteiger partial charge >= 0.3 is 0 Å². The molecule has 0 bridgehead atoms. The Morgan fingerprint density at radius 1 is 1.35 bits per heavy atom. The zero-order valence-electron chi connectivity index (χ0n) is 12.1. The zero-order valence-corrected chi connectivity index (χ0v) is 12.9. The lowest BCUT2D eigenvalue weighted by molar-refractivity contribution is 0.0582. The van der Waals surface area contributed by atoms with E-state index < -0.39 is 0 Å². The number of hydrogen-bond acceptors (Lipinski definition) is 4. The van der Waals surface area contributed by atoms with Gasteiger partial charge in [0.1, 0.15) is 10.7 Å². The van der Waals surface area contributed by atoms with Crippen LogP contribution in [0, 0.1) is 5.41 Å². The highest BCUT2D eigenvalue weighted by atomic mass is 32.1. The first kappa shape index (κ1) is 14.0. The molecule has 1 unspecified atom stereocenters. The minimum atomic E-state index is -0.0929. The summed E-state index contributed by atoms with van der Waals surface area (Å²) < 4.78 is 0. The summed E-state index contributed by atoms with van der Waals surface area (Å²) in [5.74, 6) is 0.0843. The van der Waals surface area contributed by atoms with E-state index in [-0.39, 0.29) is 11.9 Å². The van der Waals surface area contributed by atoms with Gasteiger partial charge in [-0.1, -0.05) is 12.8 Å². The molecule has 1 aliphatic heterocycles. The number of piperidine rings is 1. The maximum atomic E-state index is 12.5. The van der Waals surface area contributed by atoms with Crippen LogP contribution in [-0.2, 0) is 0 Å². The van der Waals surface area contributed by atoms with Crippen molar-refractivity contribution in [2.75, 3.05) is 13.1 Å². The predicted octanol–water partition coefficient (Wildman–Crippen LogP) is 2.96. The average Bonchev–Trinajstić information content (AvgIpc) is 3.08. The van der Waals surface area contributed by atoms with E-state index in [0.29, 0.717) is 11.1 Å². The monoisotopic (exact) mass is 293 g/mol. The number of thiazole rings is 1. The molecule has 2 heterocycles. The average molecular weight is 293 g/mol. The minimum Gasteiger partial charge on any atom is -0.337 e. The van der Waals surface area contributed by atoms with E-state index in [1.165, 1.54) is 49.9 Å². The molecule has 2 aliphatic rings. The number of likely N-dealkylation sites (tertiary alicyclic amines) is 1. The van der Waals surface area contributed by atoms with Crippen molar-refractivity contribution in [3.63, 3.8) is 0 Å². The Morgan fingerprint density at radius 3 is 2.55 bits per heavy atom. The van der Waals surface area contributed by atoms with Crippen molar-refractivity contribution in [1.82, 2.24) is 9.88 Å². The topological polar surface area (TPSA) is 59.2 Å². The first-order chi connectivity index (χ1) is 9.60. The number of hydrogen-bond donors (Lipinski definition) is 1. The maximum Gasteiger partial charge on any atom is 0.273 e. The Morgan fingerprint density at radius 2 is 2.00 bits per heavy atom. The summed E-state index contributed by atoms with van der Waals surface area (Å²) in [5, 5.41) is 2.69. The van der Waals surface area contributed by atoms with Crippen LogP contribution >= 0.6 is 11.3 Å². The van der Waals surface area contributed by atoms with Crippen molar-refractivity contribution < 1.29 is 4.79 Å². The lowest BCUT2D eigenvalue weighted by atomic mass is 9.77. The van der Waals surface area contributed by atoms with Crippen LogP contribution in [-0.4, -0.2) is 28.9 Å². The number of rotatable bonds is 2. The molecule has 1 amide bonds. The van der Waals surface area contributed by atoms with E-state index in [1.54, 1.807) is 0 Å². The Hall–Kier alpha value is -0.940. The summed E-state index contributed by atoms with van der Waals surface area (Å²) >= 11 is 1.49. The van der Waals surface area contributed by atoms with Gasteiger partial charge in [0, 0.05) is 18.5 Å².